The summed E-state index contributed by atoms with van der Waals surface area (Å²) in [4.78, 5) is 16.1. The van der Waals surface area contributed by atoms with Crippen molar-refractivity contribution in [2.24, 2.45) is 0 Å². The molecule has 1 unspecified atom stereocenters. The fourth-order valence-corrected chi connectivity index (χ4v) is 4.54. The van der Waals surface area contributed by atoms with Gasteiger partial charge in [0.1, 0.15) is 0 Å². The van der Waals surface area contributed by atoms with E-state index >= 15 is 0 Å². The Hall–Kier alpha value is -1.95. The van der Waals surface area contributed by atoms with Crippen molar-refractivity contribution in [2.75, 3.05) is 0 Å². The Balaban J connectivity index is 1.48. The minimum Gasteiger partial charge on any atom is -0.334 e. The molecule has 1 saturated carbocycles. The molecule has 1 aliphatic heterocycles. The van der Waals surface area contributed by atoms with Gasteiger partial charge in [-0.2, -0.15) is 13.2 Å². The Labute approximate surface area is 154 Å². The van der Waals surface area contributed by atoms with E-state index in [4.69, 9.17) is 0 Å². The summed E-state index contributed by atoms with van der Waals surface area (Å²) in [6, 6.07) is 13.4. The maximum atomic E-state index is 13.1. The van der Waals surface area contributed by atoms with Crippen LogP contribution in [0.4, 0.5) is 13.2 Å². The van der Waals surface area contributed by atoms with Crippen LogP contribution in [0.1, 0.15) is 29.5 Å². The number of alkyl halides is 3. The molecule has 6 heteroatoms. The molecule has 1 heterocycles. The molecule has 0 bridgehead atoms. The zero-order valence-corrected chi connectivity index (χ0v) is 14.8. The fourth-order valence-electron chi connectivity index (χ4n) is 3.27. The molecule has 4 rings (SSSR count). The summed E-state index contributed by atoms with van der Waals surface area (Å²) in [5.41, 5.74) is 1.27. The van der Waals surface area contributed by atoms with Crippen molar-refractivity contribution in [3.05, 3.63) is 65.2 Å². The highest BCUT2D eigenvalue weighted by Gasteiger charge is 2.38. The number of nitrogens with zero attached hydrogens (tertiary/aromatic N) is 1. The predicted octanol–water partition coefficient (Wildman–Crippen LogP) is 4.91. The van der Waals surface area contributed by atoms with E-state index < -0.39 is 11.7 Å². The molecule has 2 nitrogen and oxygen atoms in total. The third-order valence-electron chi connectivity index (χ3n) is 4.83. The van der Waals surface area contributed by atoms with Gasteiger partial charge in [-0.25, -0.2) is 0 Å². The van der Waals surface area contributed by atoms with Crippen LogP contribution in [0.2, 0.25) is 0 Å². The molecule has 0 saturated heterocycles. The van der Waals surface area contributed by atoms with E-state index in [0.29, 0.717) is 6.54 Å². The van der Waals surface area contributed by atoms with Crippen molar-refractivity contribution in [1.82, 2.24) is 4.90 Å². The van der Waals surface area contributed by atoms with Crippen LogP contribution in [-0.2, 0) is 23.9 Å². The van der Waals surface area contributed by atoms with E-state index in [1.54, 1.807) is 11.8 Å². The number of carbonyl (C=O) groups is 1. The van der Waals surface area contributed by atoms with Gasteiger partial charge in [0.2, 0.25) is 5.91 Å². The van der Waals surface area contributed by atoms with Crippen LogP contribution < -0.4 is 0 Å². The zero-order chi connectivity index (χ0) is 18.3. The number of hydrogen-bond acceptors (Lipinski definition) is 2. The molecule has 0 spiro atoms. The van der Waals surface area contributed by atoms with Crippen LogP contribution in [0.3, 0.4) is 0 Å². The van der Waals surface area contributed by atoms with Gasteiger partial charge >= 0.3 is 6.18 Å². The molecule has 1 aliphatic carbocycles. The standard InChI is InChI=1S/C20H18F3NOS/c21-20(22,23)15-7-5-13(6-8-15)12-24(16-9-10-16)19(25)18-11-14-3-1-2-4-17(14)26-18/h1-8,16,18H,9-12H2. The summed E-state index contributed by atoms with van der Waals surface area (Å²) in [5.74, 6) is 0.0913. The third-order valence-corrected chi connectivity index (χ3v) is 6.13. The monoisotopic (exact) mass is 377 g/mol. The molecule has 0 radical (unpaired) electrons. The van der Waals surface area contributed by atoms with Gasteiger partial charge in [0, 0.05) is 17.5 Å². The molecule has 26 heavy (non-hydrogen) atoms. The van der Waals surface area contributed by atoms with E-state index in [2.05, 4.69) is 0 Å². The van der Waals surface area contributed by atoms with E-state index in [9.17, 15) is 18.0 Å². The lowest BCUT2D eigenvalue weighted by molar-refractivity contribution is -0.137. The SMILES string of the molecule is O=C(C1Cc2ccccc2S1)N(Cc1ccc(C(F)(F)F)cc1)C1CC1. The second-order valence-electron chi connectivity index (χ2n) is 6.81. The van der Waals surface area contributed by atoms with Gasteiger partial charge in [-0.15, -0.1) is 11.8 Å². The zero-order valence-electron chi connectivity index (χ0n) is 14.0. The van der Waals surface area contributed by atoms with Crippen LogP contribution in [0.25, 0.3) is 0 Å². The van der Waals surface area contributed by atoms with E-state index in [0.717, 1.165) is 41.9 Å². The molecule has 2 aromatic carbocycles. The Morgan fingerprint density at radius 3 is 2.38 bits per heavy atom. The van der Waals surface area contributed by atoms with Gasteiger partial charge in [0.25, 0.3) is 0 Å². The van der Waals surface area contributed by atoms with Crippen LogP contribution in [0.5, 0.6) is 0 Å². The molecular weight excluding hydrogens is 359 g/mol. The quantitative estimate of drug-likeness (QED) is 0.754. The first-order valence-corrected chi connectivity index (χ1v) is 9.51. The smallest absolute Gasteiger partial charge is 0.334 e. The summed E-state index contributed by atoms with van der Waals surface area (Å²) in [5, 5.41) is -0.137. The first-order chi connectivity index (χ1) is 12.4. The van der Waals surface area contributed by atoms with Crippen LogP contribution in [-0.4, -0.2) is 22.1 Å². The number of thioether (sulfide) groups is 1. The summed E-state index contributed by atoms with van der Waals surface area (Å²) < 4.78 is 38.1. The molecule has 2 aliphatic rings. The second-order valence-corrected chi connectivity index (χ2v) is 8.05. The number of hydrogen-bond donors (Lipinski definition) is 0. The Morgan fingerprint density at radius 2 is 1.77 bits per heavy atom. The molecule has 2 aromatic rings. The van der Waals surface area contributed by atoms with Gasteiger partial charge in [-0.05, 0) is 48.6 Å². The third kappa shape index (κ3) is 3.61. The highest BCUT2D eigenvalue weighted by atomic mass is 32.2. The van der Waals surface area contributed by atoms with Crippen molar-refractivity contribution in [3.8, 4) is 0 Å². The molecule has 1 atom stereocenters. The summed E-state index contributed by atoms with van der Waals surface area (Å²) in [6.07, 6.45) is -1.68. The van der Waals surface area contributed by atoms with Crippen molar-refractivity contribution < 1.29 is 18.0 Å². The lowest BCUT2D eigenvalue weighted by Crippen LogP contribution is -2.38. The molecular formula is C20H18F3NOS. The Bertz CT molecular complexity index is 790. The fraction of sp³-hybridized carbons (Fsp3) is 0.350. The summed E-state index contributed by atoms with van der Waals surface area (Å²) >= 11 is 1.59. The summed E-state index contributed by atoms with van der Waals surface area (Å²) in [7, 11) is 0. The van der Waals surface area contributed by atoms with Crippen LogP contribution in [0, 0.1) is 0 Å². The minimum absolute atomic E-state index is 0.0913. The highest BCUT2D eigenvalue weighted by molar-refractivity contribution is 8.01. The average molecular weight is 377 g/mol. The van der Waals surface area contributed by atoms with E-state index in [1.807, 2.05) is 29.2 Å². The highest BCUT2D eigenvalue weighted by Crippen LogP contribution is 2.40. The number of fused-ring (bicyclic) bond motifs is 1. The number of amides is 1. The van der Waals surface area contributed by atoms with Gasteiger partial charge in [0.05, 0.1) is 10.8 Å². The van der Waals surface area contributed by atoms with Crippen molar-refractivity contribution in [2.45, 2.75) is 48.2 Å². The van der Waals surface area contributed by atoms with Crippen molar-refractivity contribution in [3.63, 3.8) is 0 Å². The number of carbonyl (C=O) groups excluding carboxylic acids is 1. The van der Waals surface area contributed by atoms with Crippen LogP contribution in [0.15, 0.2) is 53.4 Å². The summed E-state index contributed by atoms with van der Waals surface area (Å²) in [6.45, 7) is 0.370. The normalized spacial score (nSPS) is 19.3. The lowest BCUT2D eigenvalue weighted by atomic mass is 10.1. The predicted molar refractivity (Wildman–Crippen MR) is 94.8 cm³/mol. The molecule has 136 valence electrons. The number of rotatable bonds is 4. The van der Waals surface area contributed by atoms with Gasteiger partial charge in [-0.1, -0.05) is 30.3 Å². The van der Waals surface area contributed by atoms with Crippen molar-refractivity contribution >= 4 is 17.7 Å². The first-order valence-electron chi connectivity index (χ1n) is 8.63. The van der Waals surface area contributed by atoms with E-state index in [-0.39, 0.29) is 17.2 Å². The molecule has 0 N–H and O–H groups in total. The Kier molecular flexibility index (Phi) is 4.47. The number of halogens is 3. The molecule has 0 aromatic heterocycles. The lowest BCUT2D eigenvalue weighted by Gasteiger charge is -2.25. The van der Waals surface area contributed by atoms with Crippen molar-refractivity contribution in [1.29, 1.82) is 0 Å². The molecule has 1 fully saturated rings. The second kappa shape index (κ2) is 6.65. The Morgan fingerprint density at radius 1 is 1.08 bits per heavy atom. The topological polar surface area (TPSA) is 20.3 Å². The maximum Gasteiger partial charge on any atom is 0.416 e. The van der Waals surface area contributed by atoms with Gasteiger partial charge in [-0.3, -0.25) is 4.79 Å². The van der Waals surface area contributed by atoms with E-state index in [1.165, 1.54) is 17.7 Å². The molecule has 1 amide bonds. The first kappa shape index (κ1) is 17.5. The maximum absolute atomic E-state index is 13.1. The van der Waals surface area contributed by atoms with Crippen LogP contribution >= 0.6 is 11.8 Å². The largest absolute Gasteiger partial charge is 0.416 e. The van der Waals surface area contributed by atoms with Gasteiger partial charge in [0.15, 0.2) is 0 Å². The number of benzene rings is 2. The minimum atomic E-state index is -4.34. The van der Waals surface area contributed by atoms with Gasteiger partial charge < -0.3 is 4.90 Å². The average Bonchev–Trinajstić information content (AvgIpc) is 3.36.